The van der Waals surface area contributed by atoms with Crippen LogP contribution in [0.4, 0.5) is 10.5 Å². The zero-order valence-corrected chi connectivity index (χ0v) is 13.7. The fraction of sp³-hybridized carbons (Fsp3) is 0.353. The number of aryl methyl sites for hydroxylation is 2. The number of benzene rings is 1. The Labute approximate surface area is 140 Å². The number of H-pyrrole nitrogens is 1. The van der Waals surface area contributed by atoms with Crippen molar-refractivity contribution in [2.24, 2.45) is 0 Å². The van der Waals surface area contributed by atoms with Crippen molar-refractivity contribution in [3.8, 4) is 6.07 Å². The molecule has 2 amide bonds. The van der Waals surface area contributed by atoms with Crippen molar-refractivity contribution in [2.45, 2.75) is 19.9 Å². The number of aromatic amines is 1. The molecule has 124 valence electrons. The van der Waals surface area contributed by atoms with E-state index in [1.54, 1.807) is 29.2 Å². The van der Waals surface area contributed by atoms with Gasteiger partial charge in [-0.2, -0.15) is 10.4 Å². The van der Waals surface area contributed by atoms with Gasteiger partial charge in [0.15, 0.2) is 0 Å². The summed E-state index contributed by atoms with van der Waals surface area (Å²) in [6, 6.07) is 8.54. The molecule has 1 atom stereocenters. The molecular formula is C17H19N5O2. The minimum atomic E-state index is -0.210. The van der Waals surface area contributed by atoms with Crippen LogP contribution in [0.15, 0.2) is 24.3 Å². The van der Waals surface area contributed by atoms with Crippen LogP contribution in [-0.4, -0.2) is 40.9 Å². The number of carbonyl (C=O) groups is 1. The smallest absolute Gasteiger partial charge is 0.322 e. The van der Waals surface area contributed by atoms with E-state index in [0.29, 0.717) is 31.0 Å². The molecule has 1 aliphatic heterocycles. The summed E-state index contributed by atoms with van der Waals surface area (Å²) >= 11 is 0. The predicted molar refractivity (Wildman–Crippen MR) is 88.5 cm³/mol. The van der Waals surface area contributed by atoms with Crippen LogP contribution in [-0.2, 0) is 4.74 Å². The number of hydrogen-bond acceptors (Lipinski definition) is 4. The Hall–Kier alpha value is -2.85. The molecule has 2 N–H and O–H groups in total. The maximum absolute atomic E-state index is 12.7. The Balaban J connectivity index is 1.82. The number of morpholine rings is 1. The number of hydrogen-bond donors (Lipinski definition) is 2. The lowest BCUT2D eigenvalue weighted by molar-refractivity contribution is 0.0143. The van der Waals surface area contributed by atoms with Gasteiger partial charge in [0.2, 0.25) is 0 Å². The maximum atomic E-state index is 12.7. The number of anilines is 1. The van der Waals surface area contributed by atoms with Crippen LogP contribution >= 0.6 is 0 Å². The van der Waals surface area contributed by atoms with E-state index >= 15 is 0 Å². The third-order valence-electron chi connectivity index (χ3n) is 4.15. The summed E-state index contributed by atoms with van der Waals surface area (Å²) in [4.78, 5) is 14.5. The molecule has 3 rings (SSSR count). The standard InChI is InChI=1S/C17H19N5O2/c1-11-16(12(2)21-20-11)15-10-24-7-6-22(15)17(23)19-14-5-3-4-13(8-14)9-18/h3-5,8,15H,6-7,10H2,1-2H3,(H,19,23)(H,20,21). The minimum Gasteiger partial charge on any atom is -0.377 e. The molecule has 2 heterocycles. The third-order valence-corrected chi connectivity index (χ3v) is 4.15. The minimum absolute atomic E-state index is 0.184. The molecule has 2 aromatic rings. The quantitative estimate of drug-likeness (QED) is 0.887. The van der Waals surface area contributed by atoms with Gasteiger partial charge in [0.05, 0.1) is 36.6 Å². The number of ether oxygens (including phenoxy) is 1. The Bertz CT molecular complexity index is 773. The van der Waals surface area contributed by atoms with Crippen LogP contribution < -0.4 is 5.32 Å². The molecule has 1 fully saturated rings. The van der Waals surface area contributed by atoms with Crippen LogP contribution in [0.2, 0.25) is 0 Å². The van der Waals surface area contributed by atoms with E-state index in [9.17, 15) is 4.79 Å². The highest BCUT2D eigenvalue weighted by Gasteiger charge is 2.32. The van der Waals surface area contributed by atoms with E-state index < -0.39 is 0 Å². The van der Waals surface area contributed by atoms with E-state index in [4.69, 9.17) is 10.00 Å². The Morgan fingerprint density at radius 2 is 2.33 bits per heavy atom. The molecule has 0 aliphatic carbocycles. The Kier molecular flexibility index (Phi) is 4.49. The molecule has 1 aliphatic rings. The van der Waals surface area contributed by atoms with Crippen molar-refractivity contribution in [2.75, 3.05) is 25.1 Å². The molecule has 0 radical (unpaired) electrons. The van der Waals surface area contributed by atoms with E-state index in [1.807, 2.05) is 13.8 Å². The lowest BCUT2D eigenvalue weighted by Gasteiger charge is -2.35. The molecule has 7 heteroatoms. The first kappa shape index (κ1) is 16.0. The number of carbonyl (C=O) groups excluding carboxylic acids is 1. The van der Waals surface area contributed by atoms with E-state index in [2.05, 4.69) is 21.6 Å². The van der Waals surface area contributed by atoms with Crippen molar-refractivity contribution in [3.63, 3.8) is 0 Å². The first-order valence-corrected chi connectivity index (χ1v) is 7.77. The van der Waals surface area contributed by atoms with Crippen molar-refractivity contribution in [1.29, 1.82) is 5.26 Å². The van der Waals surface area contributed by atoms with Crippen LogP contribution in [0.25, 0.3) is 0 Å². The van der Waals surface area contributed by atoms with Gasteiger partial charge in [-0.25, -0.2) is 4.79 Å². The molecule has 0 bridgehead atoms. The molecule has 1 aromatic carbocycles. The maximum Gasteiger partial charge on any atom is 0.322 e. The number of rotatable bonds is 2. The average Bonchev–Trinajstić information content (AvgIpc) is 2.93. The number of nitrogens with one attached hydrogen (secondary N) is 2. The summed E-state index contributed by atoms with van der Waals surface area (Å²) in [6.07, 6.45) is 0. The number of urea groups is 1. The van der Waals surface area contributed by atoms with E-state index in [-0.39, 0.29) is 12.1 Å². The summed E-state index contributed by atoms with van der Waals surface area (Å²) in [5.41, 5.74) is 3.91. The highest BCUT2D eigenvalue weighted by atomic mass is 16.5. The SMILES string of the molecule is Cc1n[nH]c(C)c1C1COCCN1C(=O)Nc1cccc(C#N)c1. The van der Waals surface area contributed by atoms with E-state index in [0.717, 1.165) is 17.0 Å². The zero-order valence-electron chi connectivity index (χ0n) is 13.7. The second-order valence-corrected chi connectivity index (χ2v) is 5.75. The number of aromatic nitrogens is 2. The second kappa shape index (κ2) is 6.72. The van der Waals surface area contributed by atoms with Crippen LogP contribution in [0.3, 0.4) is 0 Å². The second-order valence-electron chi connectivity index (χ2n) is 5.75. The molecule has 7 nitrogen and oxygen atoms in total. The largest absolute Gasteiger partial charge is 0.377 e. The van der Waals surface area contributed by atoms with Gasteiger partial charge in [0, 0.05) is 23.5 Å². The third kappa shape index (κ3) is 3.09. The van der Waals surface area contributed by atoms with Gasteiger partial charge < -0.3 is 15.0 Å². The number of nitrogens with zero attached hydrogens (tertiary/aromatic N) is 3. The highest BCUT2D eigenvalue weighted by Crippen LogP contribution is 2.29. The Morgan fingerprint density at radius 1 is 1.50 bits per heavy atom. The molecule has 0 saturated carbocycles. The normalized spacial score (nSPS) is 17.4. The summed E-state index contributed by atoms with van der Waals surface area (Å²) in [5.74, 6) is 0. The van der Waals surface area contributed by atoms with Crippen molar-refractivity contribution in [3.05, 3.63) is 46.8 Å². The molecule has 1 saturated heterocycles. The first-order chi connectivity index (χ1) is 11.6. The van der Waals surface area contributed by atoms with Crippen molar-refractivity contribution < 1.29 is 9.53 Å². The fourth-order valence-corrected chi connectivity index (χ4v) is 3.00. The predicted octanol–water partition coefficient (Wildman–Crippen LogP) is 2.50. The van der Waals surface area contributed by atoms with Crippen LogP contribution in [0, 0.1) is 25.2 Å². The molecule has 1 unspecified atom stereocenters. The molecular weight excluding hydrogens is 306 g/mol. The van der Waals surface area contributed by atoms with Gasteiger partial charge >= 0.3 is 6.03 Å². The van der Waals surface area contributed by atoms with Gasteiger partial charge in [-0.1, -0.05) is 6.07 Å². The van der Waals surface area contributed by atoms with Gasteiger partial charge in [-0.05, 0) is 32.0 Å². The summed E-state index contributed by atoms with van der Waals surface area (Å²) in [5, 5.41) is 19.0. The average molecular weight is 325 g/mol. The first-order valence-electron chi connectivity index (χ1n) is 7.77. The van der Waals surface area contributed by atoms with Crippen LogP contribution in [0.1, 0.15) is 28.6 Å². The summed E-state index contributed by atoms with van der Waals surface area (Å²) in [6.45, 7) is 5.29. The summed E-state index contributed by atoms with van der Waals surface area (Å²) < 4.78 is 5.58. The molecule has 24 heavy (non-hydrogen) atoms. The van der Waals surface area contributed by atoms with Crippen molar-refractivity contribution in [1.82, 2.24) is 15.1 Å². The lowest BCUT2D eigenvalue weighted by Crippen LogP contribution is -2.45. The number of amides is 2. The van der Waals surface area contributed by atoms with Gasteiger partial charge in [-0.3, -0.25) is 5.10 Å². The van der Waals surface area contributed by atoms with E-state index in [1.165, 1.54) is 0 Å². The van der Waals surface area contributed by atoms with Gasteiger partial charge in [0.1, 0.15) is 0 Å². The van der Waals surface area contributed by atoms with Crippen LogP contribution in [0.5, 0.6) is 0 Å². The lowest BCUT2D eigenvalue weighted by atomic mass is 10.0. The van der Waals surface area contributed by atoms with Gasteiger partial charge in [-0.15, -0.1) is 0 Å². The Morgan fingerprint density at radius 3 is 3.04 bits per heavy atom. The molecule has 1 aromatic heterocycles. The zero-order chi connectivity index (χ0) is 17.1. The number of nitriles is 1. The fourth-order valence-electron chi connectivity index (χ4n) is 3.00. The van der Waals surface area contributed by atoms with Gasteiger partial charge in [0.25, 0.3) is 0 Å². The summed E-state index contributed by atoms with van der Waals surface area (Å²) in [7, 11) is 0. The topological polar surface area (TPSA) is 94.0 Å². The highest BCUT2D eigenvalue weighted by molar-refractivity contribution is 5.90. The monoisotopic (exact) mass is 325 g/mol. The molecule has 0 spiro atoms. The van der Waals surface area contributed by atoms with Crippen molar-refractivity contribution >= 4 is 11.7 Å².